The molecule has 0 aromatic heterocycles. The van der Waals surface area contributed by atoms with E-state index in [1.54, 1.807) is 5.57 Å². The maximum atomic E-state index is 10.3. The van der Waals surface area contributed by atoms with Gasteiger partial charge in [0, 0.05) is 12.3 Å². The zero-order chi connectivity index (χ0) is 20.9. The molecule has 6 aliphatic rings. The molecule has 30 heavy (non-hydrogen) atoms. The van der Waals surface area contributed by atoms with Crippen molar-refractivity contribution in [3.8, 4) is 0 Å². The second-order valence-electron chi connectivity index (χ2n) is 12.7. The topological polar surface area (TPSA) is 38.7 Å². The second-order valence-corrected chi connectivity index (χ2v) is 12.7. The van der Waals surface area contributed by atoms with Crippen LogP contribution in [0.5, 0.6) is 0 Å². The van der Waals surface area contributed by atoms with Crippen LogP contribution in [0.2, 0.25) is 0 Å². The first-order valence-corrected chi connectivity index (χ1v) is 13.0. The minimum atomic E-state index is -0.294. The number of aliphatic hydroxyl groups is 1. The third-order valence-corrected chi connectivity index (χ3v) is 11.3. The van der Waals surface area contributed by atoms with Gasteiger partial charge in [0.1, 0.15) is 0 Å². The van der Waals surface area contributed by atoms with E-state index in [0.29, 0.717) is 34.7 Å². The van der Waals surface area contributed by atoms with Gasteiger partial charge in [-0.25, -0.2) is 0 Å². The van der Waals surface area contributed by atoms with Gasteiger partial charge in [0.15, 0.2) is 5.79 Å². The summed E-state index contributed by atoms with van der Waals surface area (Å²) < 4.78 is 13.3. The molecule has 3 heteroatoms. The maximum Gasteiger partial charge on any atom is 0.171 e. The Kier molecular flexibility index (Phi) is 4.44. The van der Waals surface area contributed by atoms with Crippen molar-refractivity contribution in [2.24, 2.45) is 46.3 Å². The lowest BCUT2D eigenvalue weighted by Gasteiger charge is -2.58. The van der Waals surface area contributed by atoms with Crippen LogP contribution in [0.15, 0.2) is 11.6 Å². The summed E-state index contributed by atoms with van der Waals surface area (Å²) >= 11 is 0. The van der Waals surface area contributed by atoms with Crippen LogP contribution in [0.3, 0.4) is 0 Å². The van der Waals surface area contributed by atoms with Gasteiger partial charge in [-0.1, -0.05) is 39.3 Å². The van der Waals surface area contributed by atoms with Crippen molar-refractivity contribution in [1.82, 2.24) is 0 Å². The molecule has 1 spiro atoms. The maximum absolute atomic E-state index is 10.3. The van der Waals surface area contributed by atoms with Crippen LogP contribution in [-0.2, 0) is 9.47 Å². The van der Waals surface area contributed by atoms with E-state index in [1.165, 1.54) is 38.5 Å². The lowest BCUT2D eigenvalue weighted by Crippen LogP contribution is -2.52. The quantitative estimate of drug-likeness (QED) is 0.516. The molecule has 0 radical (unpaired) electrons. The molecule has 2 heterocycles. The van der Waals surface area contributed by atoms with Crippen LogP contribution >= 0.6 is 0 Å². The molecule has 6 rings (SSSR count). The van der Waals surface area contributed by atoms with Crippen molar-refractivity contribution in [2.45, 2.75) is 103 Å². The summed E-state index contributed by atoms with van der Waals surface area (Å²) in [6, 6.07) is 0. The van der Waals surface area contributed by atoms with Crippen LogP contribution in [-0.4, -0.2) is 29.7 Å². The van der Waals surface area contributed by atoms with Crippen molar-refractivity contribution in [3.63, 3.8) is 0 Å². The Labute approximate surface area is 183 Å². The fourth-order valence-corrected chi connectivity index (χ4v) is 9.66. The Balaban J connectivity index is 1.28. The van der Waals surface area contributed by atoms with E-state index in [0.717, 1.165) is 43.6 Å². The summed E-state index contributed by atoms with van der Waals surface area (Å²) in [7, 11) is 0. The molecule has 4 aliphatic carbocycles. The minimum absolute atomic E-state index is 0.107. The molecule has 11 atom stereocenters. The monoisotopic (exact) mass is 414 g/mol. The molecule has 168 valence electrons. The van der Waals surface area contributed by atoms with Crippen LogP contribution < -0.4 is 0 Å². The van der Waals surface area contributed by atoms with Crippen LogP contribution in [0.1, 0.15) is 85.5 Å². The van der Waals surface area contributed by atoms with Gasteiger partial charge in [0.2, 0.25) is 0 Å². The zero-order valence-corrected chi connectivity index (χ0v) is 19.5. The largest absolute Gasteiger partial charge is 0.393 e. The van der Waals surface area contributed by atoms with Crippen molar-refractivity contribution in [3.05, 3.63) is 11.6 Å². The summed E-state index contributed by atoms with van der Waals surface area (Å²) in [5.41, 5.74) is 2.31. The van der Waals surface area contributed by atoms with Crippen molar-refractivity contribution in [2.75, 3.05) is 6.61 Å². The molecular weight excluding hydrogens is 372 g/mol. The minimum Gasteiger partial charge on any atom is -0.393 e. The van der Waals surface area contributed by atoms with Gasteiger partial charge in [0.25, 0.3) is 0 Å². The van der Waals surface area contributed by atoms with Gasteiger partial charge in [-0.05, 0) is 91.8 Å². The van der Waals surface area contributed by atoms with Gasteiger partial charge in [-0.3, -0.25) is 0 Å². The summed E-state index contributed by atoms with van der Waals surface area (Å²) in [6.07, 6.45) is 13.5. The molecular formula is C27H42O3. The highest BCUT2D eigenvalue weighted by atomic mass is 16.7. The SMILES string of the molecule is CC1C2C(C[C@H]3[C@@H]4CC=C5C[C@@H](O)CC[C@]5(C)[C@H]4CC[C@]23C)O[C@]12CC[C@@H](C)CO2. The molecule has 2 aliphatic heterocycles. The first-order valence-electron chi connectivity index (χ1n) is 13.0. The van der Waals surface area contributed by atoms with E-state index in [9.17, 15) is 5.11 Å². The van der Waals surface area contributed by atoms with Gasteiger partial charge in [-0.2, -0.15) is 0 Å². The first kappa shape index (κ1) is 20.2. The summed E-state index contributed by atoms with van der Waals surface area (Å²) in [6.45, 7) is 10.8. The van der Waals surface area contributed by atoms with E-state index >= 15 is 0 Å². The molecule has 2 saturated heterocycles. The van der Waals surface area contributed by atoms with E-state index in [-0.39, 0.29) is 11.9 Å². The fraction of sp³-hybridized carbons (Fsp3) is 0.926. The third kappa shape index (κ3) is 2.55. The van der Waals surface area contributed by atoms with E-state index in [1.807, 2.05) is 0 Å². The number of hydrogen-bond donors (Lipinski definition) is 1. The first-order chi connectivity index (χ1) is 14.3. The average molecular weight is 415 g/mol. The Morgan fingerprint density at radius 3 is 2.63 bits per heavy atom. The molecule has 0 aromatic rings. The van der Waals surface area contributed by atoms with E-state index in [4.69, 9.17) is 9.47 Å². The Morgan fingerprint density at radius 1 is 1.03 bits per heavy atom. The Bertz CT molecular complexity index is 736. The molecule has 3 nitrogen and oxygen atoms in total. The van der Waals surface area contributed by atoms with Gasteiger partial charge in [-0.15, -0.1) is 0 Å². The lowest BCUT2D eigenvalue weighted by molar-refractivity contribution is -0.272. The van der Waals surface area contributed by atoms with Gasteiger partial charge in [0.05, 0.1) is 18.8 Å². The number of fused-ring (bicyclic) bond motifs is 7. The highest BCUT2D eigenvalue weighted by Crippen LogP contribution is 2.70. The predicted octanol–water partition coefficient (Wildman–Crippen LogP) is 5.71. The molecule has 1 N–H and O–H groups in total. The number of allylic oxidation sites excluding steroid dienone is 1. The van der Waals surface area contributed by atoms with Crippen LogP contribution in [0, 0.1) is 46.3 Å². The molecule has 0 aromatic carbocycles. The van der Waals surface area contributed by atoms with Crippen LogP contribution in [0.25, 0.3) is 0 Å². The smallest absolute Gasteiger partial charge is 0.171 e. The molecule has 3 unspecified atom stereocenters. The molecule has 0 bridgehead atoms. The summed E-state index contributed by atoms with van der Waals surface area (Å²) in [5.74, 6) is 3.94. The predicted molar refractivity (Wildman–Crippen MR) is 118 cm³/mol. The van der Waals surface area contributed by atoms with Crippen molar-refractivity contribution < 1.29 is 14.6 Å². The van der Waals surface area contributed by atoms with Gasteiger partial charge < -0.3 is 14.6 Å². The summed E-state index contributed by atoms with van der Waals surface area (Å²) in [4.78, 5) is 0. The Hall–Kier alpha value is -0.380. The van der Waals surface area contributed by atoms with E-state index in [2.05, 4.69) is 33.8 Å². The third-order valence-electron chi connectivity index (χ3n) is 11.3. The summed E-state index contributed by atoms with van der Waals surface area (Å²) in [5, 5.41) is 10.3. The number of hydrogen-bond acceptors (Lipinski definition) is 3. The molecule has 5 fully saturated rings. The number of aliphatic hydroxyl groups excluding tert-OH is 1. The second kappa shape index (κ2) is 6.58. The highest BCUT2D eigenvalue weighted by molar-refractivity contribution is 5.26. The highest BCUT2D eigenvalue weighted by Gasteiger charge is 2.68. The standard InChI is InChI=1S/C27H42O3/c1-16-7-12-27(29-15-16)17(2)24-23(30-27)14-22-20-6-5-18-13-19(28)8-10-25(18,3)21(20)9-11-26(22,24)4/h5,16-17,19-24,28H,6-15H2,1-4H3/t16-,17?,19+,20-,21+,22+,23?,24?,25+,26+,27-/m1/s1. The fourth-order valence-electron chi connectivity index (χ4n) is 9.66. The number of rotatable bonds is 0. The molecule has 0 amide bonds. The van der Waals surface area contributed by atoms with Crippen LogP contribution in [0.4, 0.5) is 0 Å². The van der Waals surface area contributed by atoms with Gasteiger partial charge >= 0.3 is 0 Å². The normalized spacial score (nSPS) is 59.8. The zero-order valence-electron chi connectivity index (χ0n) is 19.5. The van der Waals surface area contributed by atoms with Crippen molar-refractivity contribution in [1.29, 1.82) is 0 Å². The lowest BCUT2D eigenvalue weighted by atomic mass is 9.47. The Morgan fingerprint density at radius 2 is 1.87 bits per heavy atom. The van der Waals surface area contributed by atoms with Crippen molar-refractivity contribution >= 4 is 0 Å². The average Bonchev–Trinajstić information content (AvgIpc) is 3.16. The van der Waals surface area contributed by atoms with E-state index < -0.39 is 0 Å². The number of ether oxygens (including phenoxy) is 2. The molecule has 3 saturated carbocycles.